The fourth-order valence-corrected chi connectivity index (χ4v) is 3.78. The number of carbonyl (C=O) groups excluding carboxylic acids is 1. The summed E-state index contributed by atoms with van der Waals surface area (Å²) in [6.07, 6.45) is 5.10. The maximum atomic E-state index is 12.2. The van der Waals surface area contributed by atoms with Gasteiger partial charge in [0.2, 0.25) is 0 Å². The van der Waals surface area contributed by atoms with E-state index in [1.165, 1.54) is 16.9 Å². The molecule has 0 saturated heterocycles. The van der Waals surface area contributed by atoms with Crippen LogP contribution in [0, 0.1) is 5.92 Å². The van der Waals surface area contributed by atoms with Crippen molar-refractivity contribution in [3.8, 4) is 0 Å². The molecule has 104 valence electrons. The van der Waals surface area contributed by atoms with Gasteiger partial charge in [0, 0.05) is 15.5 Å². The molecule has 0 bridgehead atoms. The average Bonchev–Trinajstić information content (AvgIpc) is 2.84. The summed E-state index contributed by atoms with van der Waals surface area (Å²) in [7, 11) is 0. The van der Waals surface area contributed by atoms with Gasteiger partial charge >= 0.3 is 0 Å². The van der Waals surface area contributed by atoms with Crippen molar-refractivity contribution >= 4 is 39.0 Å². The van der Waals surface area contributed by atoms with Crippen LogP contribution in [0.15, 0.2) is 28.9 Å². The van der Waals surface area contributed by atoms with Crippen molar-refractivity contribution in [1.82, 2.24) is 4.98 Å². The number of aryl methyl sites for hydroxylation is 1. The van der Waals surface area contributed by atoms with E-state index in [1.54, 1.807) is 23.6 Å². The highest BCUT2D eigenvalue weighted by Crippen LogP contribution is 2.32. The Morgan fingerprint density at radius 2 is 2.35 bits per heavy atom. The first-order valence-corrected chi connectivity index (χ1v) is 8.27. The van der Waals surface area contributed by atoms with E-state index < -0.39 is 0 Å². The van der Waals surface area contributed by atoms with Crippen LogP contribution in [0.5, 0.6) is 0 Å². The molecule has 1 aliphatic carbocycles. The van der Waals surface area contributed by atoms with Crippen molar-refractivity contribution < 1.29 is 4.79 Å². The Bertz CT molecular complexity index is 636. The predicted molar refractivity (Wildman–Crippen MR) is 85.4 cm³/mol. The maximum Gasteiger partial charge on any atom is 0.266 e. The number of hydrogen-bond acceptors (Lipinski definition) is 3. The molecule has 0 spiro atoms. The number of rotatable bonds is 2. The summed E-state index contributed by atoms with van der Waals surface area (Å²) in [5.41, 5.74) is 1.35. The van der Waals surface area contributed by atoms with Crippen LogP contribution in [0.25, 0.3) is 0 Å². The van der Waals surface area contributed by atoms with Crippen LogP contribution in [0.2, 0.25) is 0 Å². The fourth-order valence-electron chi connectivity index (χ4n) is 2.45. The third kappa shape index (κ3) is 2.94. The number of carbonyl (C=O) groups is 1. The SMILES string of the molecule is CC1CCc2sc(C(=O)Nc3ccc(Br)cn3)cc2C1. The zero-order valence-electron chi connectivity index (χ0n) is 11.1. The molecule has 3 nitrogen and oxygen atoms in total. The Kier molecular flexibility index (Phi) is 3.89. The normalized spacial score (nSPS) is 17.6. The summed E-state index contributed by atoms with van der Waals surface area (Å²) in [5.74, 6) is 1.24. The molecule has 2 heterocycles. The topological polar surface area (TPSA) is 42.0 Å². The first-order chi connectivity index (χ1) is 9.61. The second-order valence-electron chi connectivity index (χ2n) is 5.22. The Hall–Kier alpha value is -1.20. The smallest absolute Gasteiger partial charge is 0.266 e. The molecule has 1 amide bonds. The fraction of sp³-hybridized carbons (Fsp3) is 0.333. The van der Waals surface area contributed by atoms with Crippen LogP contribution in [0.3, 0.4) is 0 Å². The largest absolute Gasteiger partial charge is 0.306 e. The van der Waals surface area contributed by atoms with Crippen molar-refractivity contribution in [2.24, 2.45) is 5.92 Å². The number of nitrogens with one attached hydrogen (secondary N) is 1. The van der Waals surface area contributed by atoms with Crippen LogP contribution in [0.4, 0.5) is 5.82 Å². The van der Waals surface area contributed by atoms with Crippen molar-refractivity contribution in [2.45, 2.75) is 26.2 Å². The highest BCUT2D eigenvalue weighted by atomic mass is 79.9. The Labute approximate surface area is 130 Å². The van der Waals surface area contributed by atoms with Crippen molar-refractivity contribution in [3.63, 3.8) is 0 Å². The minimum absolute atomic E-state index is 0.0631. The molecule has 1 N–H and O–H groups in total. The van der Waals surface area contributed by atoms with Gasteiger partial charge in [0.15, 0.2) is 0 Å². The third-order valence-corrected chi connectivity index (χ3v) is 5.23. The molecule has 20 heavy (non-hydrogen) atoms. The van der Waals surface area contributed by atoms with Gasteiger partial charge in [-0.2, -0.15) is 0 Å². The van der Waals surface area contributed by atoms with E-state index in [0.717, 1.165) is 28.1 Å². The third-order valence-electron chi connectivity index (χ3n) is 3.52. The molecule has 0 radical (unpaired) electrons. The van der Waals surface area contributed by atoms with Crippen LogP contribution in [-0.2, 0) is 12.8 Å². The van der Waals surface area contributed by atoms with Gasteiger partial charge < -0.3 is 5.32 Å². The summed E-state index contributed by atoms with van der Waals surface area (Å²) < 4.78 is 0.899. The van der Waals surface area contributed by atoms with Crippen LogP contribution < -0.4 is 5.32 Å². The number of thiophene rings is 1. The molecule has 0 fully saturated rings. The van der Waals surface area contributed by atoms with E-state index in [9.17, 15) is 4.79 Å². The molecule has 5 heteroatoms. The molecule has 1 aliphatic rings. The van der Waals surface area contributed by atoms with E-state index >= 15 is 0 Å². The van der Waals surface area contributed by atoms with Gasteiger partial charge in [-0.25, -0.2) is 4.98 Å². The Morgan fingerprint density at radius 3 is 3.10 bits per heavy atom. The number of amides is 1. The summed E-state index contributed by atoms with van der Waals surface area (Å²) in [6, 6.07) is 5.70. The van der Waals surface area contributed by atoms with E-state index in [1.807, 2.05) is 12.1 Å². The zero-order chi connectivity index (χ0) is 14.1. The van der Waals surface area contributed by atoms with Crippen LogP contribution >= 0.6 is 27.3 Å². The van der Waals surface area contributed by atoms with Gasteiger partial charge in [-0.3, -0.25) is 4.79 Å². The van der Waals surface area contributed by atoms with Gasteiger partial charge in [0.05, 0.1) is 4.88 Å². The highest BCUT2D eigenvalue weighted by Gasteiger charge is 2.20. The minimum Gasteiger partial charge on any atom is -0.306 e. The number of aromatic nitrogens is 1. The van der Waals surface area contributed by atoms with Crippen LogP contribution in [0.1, 0.15) is 33.5 Å². The lowest BCUT2D eigenvalue weighted by atomic mass is 9.90. The zero-order valence-corrected chi connectivity index (χ0v) is 13.6. The predicted octanol–water partition coefficient (Wildman–Crippen LogP) is 4.28. The molecule has 3 rings (SSSR count). The lowest BCUT2D eigenvalue weighted by Gasteiger charge is -2.16. The van der Waals surface area contributed by atoms with Gasteiger partial charge in [0.25, 0.3) is 5.91 Å². The first-order valence-electron chi connectivity index (χ1n) is 6.66. The quantitative estimate of drug-likeness (QED) is 0.877. The lowest BCUT2D eigenvalue weighted by Crippen LogP contribution is -2.11. The molecule has 0 aliphatic heterocycles. The Balaban J connectivity index is 1.76. The average molecular weight is 351 g/mol. The van der Waals surface area contributed by atoms with E-state index in [0.29, 0.717) is 5.82 Å². The second-order valence-corrected chi connectivity index (χ2v) is 7.28. The molecule has 0 saturated carbocycles. The van der Waals surface area contributed by atoms with Crippen LogP contribution in [-0.4, -0.2) is 10.9 Å². The number of anilines is 1. The molecular formula is C15H15BrN2OS. The first kappa shape index (κ1) is 13.8. The lowest BCUT2D eigenvalue weighted by molar-refractivity contribution is 0.103. The number of hydrogen-bond donors (Lipinski definition) is 1. The standard InChI is InChI=1S/C15H15BrN2OS/c1-9-2-4-12-10(6-9)7-13(20-12)15(19)18-14-5-3-11(16)8-17-14/h3,5,7-9H,2,4,6H2,1H3,(H,17,18,19). The minimum atomic E-state index is -0.0631. The van der Waals surface area contributed by atoms with Gasteiger partial charge in [-0.1, -0.05) is 6.92 Å². The molecular weight excluding hydrogens is 336 g/mol. The van der Waals surface area contributed by atoms with Gasteiger partial charge in [-0.05, 0) is 64.9 Å². The molecule has 0 aromatic carbocycles. The molecule has 2 aromatic rings. The number of nitrogens with zero attached hydrogens (tertiary/aromatic N) is 1. The summed E-state index contributed by atoms with van der Waals surface area (Å²) in [4.78, 5) is 18.6. The van der Waals surface area contributed by atoms with E-state index in [2.05, 4.69) is 33.2 Å². The number of halogens is 1. The van der Waals surface area contributed by atoms with Crippen molar-refractivity contribution in [3.05, 3.63) is 44.2 Å². The monoisotopic (exact) mass is 350 g/mol. The summed E-state index contributed by atoms with van der Waals surface area (Å²) in [5, 5.41) is 2.85. The summed E-state index contributed by atoms with van der Waals surface area (Å²) >= 11 is 4.95. The summed E-state index contributed by atoms with van der Waals surface area (Å²) in [6.45, 7) is 2.27. The molecule has 1 unspecified atom stereocenters. The Morgan fingerprint density at radius 1 is 1.50 bits per heavy atom. The number of fused-ring (bicyclic) bond motifs is 1. The van der Waals surface area contributed by atoms with Crippen molar-refractivity contribution in [2.75, 3.05) is 5.32 Å². The number of pyridine rings is 1. The van der Waals surface area contributed by atoms with E-state index in [4.69, 9.17) is 0 Å². The van der Waals surface area contributed by atoms with Gasteiger partial charge in [-0.15, -0.1) is 11.3 Å². The molecule has 1 atom stereocenters. The highest BCUT2D eigenvalue weighted by molar-refractivity contribution is 9.10. The maximum absolute atomic E-state index is 12.2. The molecule has 2 aromatic heterocycles. The van der Waals surface area contributed by atoms with Gasteiger partial charge in [0.1, 0.15) is 5.82 Å². The second kappa shape index (κ2) is 5.66. The van der Waals surface area contributed by atoms with E-state index in [-0.39, 0.29) is 5.91 Å². The van der Waals surface area contributed by atoms with Crippen molar-refractivity contribution in [1.29, 1.82) is 0 Å².